The normalized spacial score (nSPS) is 10.3. The molecule has 1 aromatic heterocycles. The molecule has 24 heavy (non-hydrogen) atoms. The first-order valence-corrected chi connectivity index (χ1v) is 7.37. The molecule has 0 unspecified atom stereocenters. The van der Waals surface area contributed by atoms with Crippen molar-refractivity contribution in [2.75, 3.05) is 26.6 Å². The Labute approximate surface area is 139 Å². The molecule has 0 radical (unpaired) electrons. The van der Waals surface area contributed by atoms with Gasteiger partial charge in [0.15, 0.2) is 17.2 Å². The molecule has 0 saturated carbocycles. The van der Waals surface area contributed by atoms with E-state index in [1.165, 1.54) is 0 Å². The Morgan fingerprint density at radius 2 is 1.79 bits per heavy atom. The van der Waals surface area contributed by atoms with Crippen LogP contribution in [0.4, 0.5) is 5.69 Å². The number of aromatic nitrogens is 2. The summed E-state index contributed by atoms with van der Waals surface area (Å²) < 4.78 is 17.5. The van der Waals surface area contributed by atoms with Crippen LogP contribution in [-0.2, 0) is 13.1 Å². The van der Waals surface area contributed by atoms with Gasteiger partial charge >= 0.3 is 5.97 Å². The van der Waals surface area contributed by atoms with Crippen molar-refractivity contribution in [1.29, 1.82) is 0 Å². The molecular formula is C16H21N3O5. The van der Waals surface area contributed by atoms with E-state index in [2.05, 4.69) is 10.4 Å². The SMILES string of the molecule is CCn1cc(NCc2cc(OC)c(OC)cc2OC)c(C(=O)O)n1. The van der Waals surface area contributed by atoms with Gasteiger partial charge in [0.1, 0.15) is 5.75 Å². The molecular weight excluding hydrogens is 314 g/mol. The lowest BCUT2D eigenvalue weighted by Crippen LogP contribution is -2.07. The third kappa shape index (κ3) is 3.53. The van der Waals surface area contributed by atoms with Crippen LogP contribution in [0, 0.1) is 0 Å². The number of aryl methyl sites for hydroxylation is 1. The van der Waals surface area contributed by atoms with Crippen molar-refractivity contribution in [3.05, 3.63) is 29.6 Å². The zero-order valence-corrected chi connectivity index (χ0v) is 14.1. The number of nitrogens with one attached hydrogen (secondary N) is 1. The number of nitrogens with zero attached hydrogens (tertiary/aromatic N) is 2. The van der Waals surface area contributed by atoms with Crippen molar-refractivity contribution in [3.8, 4) is 17.2 Å². The lowest BCUT2D eigenvalue weighted by atomic mass is 10.1. The van der Waals surface area contributed by atoms with Crippen LogP contribution in [0.2, 0.25) is 0 Å². The highest BCUT2D eigenvalue weighted by Crippen LogP contribution is 2.35. The molecule has 0 amide bonds. The zero-order chi connectivity index (χ0) is 17.7. The molecule has 8 nitrogen and oxygen atoms in total. The summed E-state index contributed by atoms with van der Waals surface area (Å²) in [6.45, 7) is 2.82. The molecule has 2 aromatic rings. The average Bonchev–Trinajstić information content (AvgIpc) is 3.02. The third-order valence-electron chi connectivity index (χ3n) is 3.54. The molecule has 0 atom stereocenters. The lowest BCUT2D eigenvalue weighted by Gasteiger charge is -2.14. The van der Waals surface area contributed by atoms with E-state index < -0.39 is 5.97 Å². The van der Waals surface area contributed by atoms with E-state index in [-0.39, 0.29) is 5.69 Å². The van der Waals surface area contributed by atoms with Crippen molar-refractivity contribution in [1.82, 2.24) is 9.78 Å². The van der Waals surface area contributed by atoms with E-state index in [9.17, 15) is 9.90 Å². The number of carbonyl (C=O) groups is 1. The number of rotatable bonds is 8. The van der Waals surface area contributed by atoms with Crippen molar-refractivity contribution in [3.63, 3.8) is 0 Å². The van der Waals surface area contributed by atoms with Crippen LogP contribution in [0.25, 0.3) is 0 Å². The largest absolute Gasteiger partial charge is 0.496 e. The van der Waals surface area contributed by atoms with Crippen LogP contribution >= 0.6 is 0 Å². The first-order chi connectivity index (χ1) is 11.5. The van der Waals surface area contributed by atoms with E-state index in [4.69, 9.17) is 14.2 Å². The molecule has 8 heteroatoms. The molecule has 0 aliphatic heterocycles. The number of ether oxygens (including phenoxy) is 3. The molecule has 0 aliphatic carbocycles. The Morgan fingerprint density at radius 3 is 2.33 bits per heavy atom. The third-order valence-corrected chi connectivity index (χ3v) is 3.54. The zero-order valence-electron chi connectivity index (χ0n) is 14.1. The maximum atomic E-state index is 11.3. The van der Waals surface area contributed by atoms with Crippen molar-refractivity contribution < 1.29 is 24.1 Å². The summed E-state index contributed by atoms with van der Waals surface area (Å²) in [4.78, 5) is 11.3. The monoisotopic (exact) mass is 335 g/mol. The van der Waals surface area contributed by atoms with Crippen molar-refractivity contribution in [2.24, 2.45) is 0 Å². The van der Waals surface area contributed by atoms with Gasteiger partial charge in [0, 0.05) is 30.9 Å². The van der Waals surface area contributed by atoms with Gasteiger partial charge in [-0.2, -0.15) is 5.10 Å². The smallest absolute Gasteiger partial charge is 0.358 e. The summed E-state index contributed by atoms with van der Waals surface area (Å²) in [5, 5.41) is 16.4. The quantitative estimate of drug-likeness (QED) is 0.764. The standard InChI is InChI=1S/C16H21N3O5/c1-5-19-9-11(15(18-19)16(20)21)17-8-10-6-13(23-3)14(24-4)7-12(10)22-2/h6-7,9,17H,5,8H2,1-4H3,(H,20,21). The summed E-state index contributed by atoms with van der Waals surface area (Å²) in [5.74, 6) is 0.657. The fourth-order valence-electron chi connectivity index (χ4n) is 2.29. The summed E-state index contributed by atoms with van der Waals surface area (Å²) in [5.41, 5.74) is 1.23. The van der Waals surface area contributed by atoms with E-state index in [0.29, 0.717) is 36.0 Å². The Kier molecular flexibility index (Phi) is 5.51. The van der Waals surface area contributed by atoms with Crippen LogP contribution < -0.4 is 19.5 Å². The topological polar surface area (TPSA) is 94.8 Å². The van der Waals surface area contributed by atoms with E-state index in [0.717, 1.165) is 5.56 Å². The molecule has 0 aliphatic rings. The first-order valence-electron chi connectivity index (χ1n) is 7.37. The average molecular weight is 335 g/mol. The Balaban J connectivity index is 2.29. The van der Waals surface area contributed by atoms with Crippen molar-refractivity contribution >= 4 is 11.7 Å². The fourth-order valence-corrected chi connectivity index (χ4v) is 2.29. The number of aromatic carboxylic acids is 1. The predicted octanol–water partition coefficient (Wildman–Crippen LogP) is 2.24. The second kappa shape index (κ2) is 7.58. The molecule has 0 spiro atoms. The van der Waals surface area contributed by atoms with Gasteiger partial charge in [-0.05, 0) is 13.0 Å². The van der Waals surface area contributed by atoms with Gasteiger partial charge < -0.3 is 24.6 Å². The minimum Gasteiger partial charge on any atom is -0.496 e. The maximum Gasteiger partial charge on any atom is 0.358 e. The highest BCUT2D eigenvalue weighted by Gasteiger charge is 2.17. The molecule has 1 heterocycles. The summed E-state index contributed by atoms with van der Waals surface area (Å²) in [7, 11) is 4.66. The van der Waals surface area contributed by atoms with Crippen molar-refractivity contribution in [2.45, 2.75) is 20.0 Å². The van der Waals surface area contributed by atoms with E-state index in [1.54, 1.807) is 44.3 Å². The van der Waals surface area contributed by atoms with E-state index in [1.807, 2.05) is 6.92 Å². The van der Waals surface area contributed by atoms with Gasteiger partial charge in [-0.15, -0.1) is 0 Å². The minimum atomic E-state index is -1.08. The van der Waals surface area contributed by atoms with Crippen LogP contribution in [0.1, 0.15) is 23.0 Å². The lowest BCUT2D eigenvalue weighted by molar-refractivity contribution is 0.0690. The second-order valence-corrected chi connectivity index (χ2v) is 4.92. The number of carboxylic acids is 1. The minimum absolute atomic E-state index is 0.0173. The molecule has 2 rings (SSSR count). The number of benzene rings is 1. The van der Waals surface area contributed by atoms with E-state index >= 15 is 0 Å². The highest BCUT2D eigenvalue weighted by molar-refractivity contribution is 5.91. The van der Waals surface area contributed by atoms with Crippen LogP contribution in [0.15, 0.2) is 18.3 Å². The molecule has 0 fully saturated rings. The van der Waals surface area contributed by atoms with Gasteiger partial charge in [0.2, 0.25) is 0 Å². The molecule has 1 aromatic carbocycles. The van der Waals surface area contributed by atoms with Gasteiger partial charge in [-0.3, -0.25) is 4.68 Å². The molecule has 2 N–H and O–H groups in total. The summed E-state index contributed by atoms with van der Waals surface area (Å²) in [6, 6.07) is 3.51. The molecule has 130 valence electrons. The highest BCUT2D eigenvalue weighted by atomic mass is 16.5. The van der Waals surface area contributed by atoms with Gasteiger partial charge in [0.05, 0.1) is 27.0 Å². The number of carboxylic acid groups (broad SMARTS) is 1. The predicted molar refractivity (Wildman–Crippen MR) is 88.3 cm³/mol. The van der Waals surface area contributed by atoms with Crippen LogP contribution in [0.5, 0.6) is 17.2 Å². The summed E-state index contributed by atoms with van der Waals surface area (Å²) in [6.07, 6.45) is 1.66. The number of methoxy groups -OCH3 is 3. The molecule has 0 saturated heterocycles. The Morgan fingerprint density at radius 1 is 1.17 bits per heavy atom. The number of hydrogen-bond donors (Lipinski definition) is 2. The first kappa shape index (κ1) is 17.5. The van der Waals surface area contributed by atoms with Gasteiger partial charge in [-0.25, -0.2) is 4.79 Å². The number of hydrogen-bond acceptors (Lipinski definition) is 6. The van der Waals surface area contributed by atoms with Crippen LogP contribution in [0.3, 0.4) is 0 Å². The van der Waals surface area contributed by atoms with Gasteiger partial charge in [-0.1, -0.05) is 0 Å². The van der Waals surface area contributed by atoms with Crippen LogP contribution in [-0.4, -0.2) is 42.2 Å². The fraction of sp³-hybridized carbons (Fsp3) is 0.375. The number of anilines is 1. The van der Waals surface area contributed by atoms with Gasteiger partial charge in [0.25, 0.3) is 0 Å². The Hall–Kier alpha value is -2.90. The summed E-state index contributed by atoms with van der Waals surface area (Å²) >= 11 is 0. The Bertz CT molecular complexity index is 727. The molecule has 0 bridgehead atoms. The second-order valence-electron chi connectivity index (χ2n) is 4.92. The maximum absolute atomic E-state index is 11.3.